The molecule has 46 valence electrons. The van der Waals surface area contributed by atoms with Crippen molar-refractivity contribution in [1.29, 1.82) is 0 Å². The standard InChI is InChI=1S/C5H10O2Si/c1-2-3-4(8)5(6)7/h3H,2H2,1,8H3,(H,6,7)/b4-3-. The summed E-state index contributed by atoms with van der Waals surface area (Å²) in [5, 5.41) is 8.84. The van der Waals surface area contributed by atoms with Crippen molar-refractivity contribution in [3.05, 3.63) is 11.3 Å². The fourth-order valence-corrected chi connectivity index (χ4v) is 0.802. The number of carboxylic acids is 1. The first-order valence-corrected chi connectivity index (χ1v) is 3.58. The molecule has 3 heteroatoms. The molecule has 0 amide bonds. The lowest BCUT2D eigenvalue weighted by molar-refractivity contribution is -0.131. The quantitative estimate of drug-likeness (QED) is 0.413. The summed E-state index contributed by atoms with van der Waals surface area (Å²) in [7, 11) is 0.645. The van der Waals surface area contributed by atoms with Crippen LogP contribution >= 0.6 is 0 Å². The van der Waals surface area contributed by atoms with Gasteiger partial charge in [-0.3, -0.25) is 0 Å². The van der Waals surface area contributed by atoms with E-state index in [1.54, 1.807) is 6.08 Å². The number of rotatable bonds is 2. The molecule has 0 aliphatic rings. The minimum Gasteiger partial charge on any atom is -0.478 e. The molecule has 0 aromatic carbocycles. The predicted octanol–water partition coefficient (Wildman–Crippen LogP) is -0.270. The van der Waals surface area contributed by atoms with Crippen LogP contribution in [0.3, 0.4) is 0 Å². The van der Waals surface area contributed by atoms with Crippen LogP contribution < -0.4 is 0 Å². The SMILES string of the molecule is CC/C=C(\[SiH3])C(=O)O. The summed E-state index contributed by atoms with van der Waals surface area (Å²) in [6.45, 7) is 1.93. The predicted molar refractivity (Wildman–Crippen MR) is 35.9 cm³/mol. The first-order valence-electron chi connectivity index (χ1n) is 2.58. The highest BCUT2D eigenvalue weighted by atomic mass is 28.1. The lowest BCUT2D eigenvalue weighted by Gasteiger charge is -1.87. The third-order valence-corrected chi connectivity index (χ3v) is 1.68. The van der Waals surface area contributed by atoms with E-state index in [1.807, 2.05) is 6.92 Å². The molecular formula is C5H10O2Si. The number of hydrogen-bond donors (Lipinski definition) is 1. The zero-order valence-corrected chi connectivity index (χ0v) is 7.14. The molecule has 0 fully saturated rings. The second-order valence-electron chi connectivity index (χ2n) is 1.60. The van der Waals surface area contributed by atoms with Gasteiger partial charge in [-0.25, -0.2) is 4.79 Å². The molecule has 0 aliphatic heterocycles. The molecule has 0 rings (SSSR count). The van der Waals surface area contributed by atoms with Gasteiger partial charge in [0.15, 0.2) is 0 Å². The van der Waals surface area contributed by atoms with Crippen molar-refractivity contribution in [3.63, 3.8) is 0 Å². The van der Waals surface area contributed by atoms with Gasteiger partial charge < -0.3 is 5.11 Å². The smallest absolute Gasteiger partial charge is 0.326 e. The van der Waals surface area contributed by atoms with E-state index in [0.717, 1.165) is 6.42 Å². The van der Waals surface area contributed by atoms with Crippen LogP contribution in [0.2, 0.25) is 0 Å². The molecule has 0 aromatic rings. The molecule has 0 radical (unpaired) electrons. The molecule has 0 saturated carbocycles. The Bertz CT molecular complexity index is 118. The Morgan fingerprint density at radius 1 is 1.88 bits per heavy atom. The second-order valence-corrected chi connectivity index (χ2v) is 2.68. The number of hydrogen-bond acceptors (Lipinski definition) is 1. The average Bonchev–Trinajstić information content (AvgIpc) is 1.67. The molecule has 0 aliphatic carbocycles. The first-order chi connectivity index (χ1) is 3.68. The largest absolute Gasteiger partial charge is 0.478 e. The van der Waals surface area contributed by atoms with Crippen molar-refractivity contribution in [1.82, 2.24) is 0 Å². The van der Waals surface area contributed by atoms with E-state index in [4.69, 9.17) is 5.11 Å². The zero-order chi connectivity index (χ0) is 6.57. The molecule has 0 spiro atoms. The van der Waals surface area contributed by atoms with Crippen molar-refractivity contribution in [2.45, 2.75) is 13.3 Å². The van der Waals surface area contributed by atoms with Crippen molar-refractivity contribution in [3.8, 4) is 0 Å². The number of aliphatic carboxylic acids is 1. The van der Waals surface area contributed by atoms with Gasteiger partial charge in [0.1, 0.15) is 0 Å². The summed E-state index contributed by atoms with van der Waals surface area (Å²) >= 11 is 0. The van der Waals surface area contributed by atoms with E-state index in [9.17, 15) is 4.79 Å². The first kappa shape index (κ1) is 7.43. The Kier molecular flexibility index (Phi) is 3.19. The summed E-state index contributed by atoms with van der Waals surface area (Å²) < 4.78 is 0. The third-order valence-electron chi connectivity index (χ3n) is 0.848. The zero-order valence-electron chi connectivity index (χ0n) is 5.14. The van der Waals surface area contributed by atoms with Crippen LogP contribution in [-0.2, 0) is 4.79 Å². The van der Waals surface area contributed by atoms with Crippen LogP contribution in [-0.4, -0.2) is 21.3 Å². The molecular weight excluding hydrogens is 120 g/mol. The van der Waals surface area contributed by atoms with Gasteiger partial charge >= 0.3 is 5.97 Å². The molecule has 0 bridgehead atoms. The maximum atomic E-state index is 10.1. The van der Waals surface area contributed by atoms with E-state index in [2.05, 4.69) is 0 Å². The van der Waals surface area contributed by atoms with Gasteiger partial charge in [-0.1, -0.05) is 13.0 Å². The van der Waals surface area contributed by atoms with Gasteiger partial charge in [-0.05, 0) is 6.42 Å². The molecule has 0 aromatic heterocycles. The minimum absolute atomic E-state index is 0.563. The Labute approximate surface area is 51.6 Å². The van der Waals surface area contributed by atoms with Gasteiger partial charge in [-0.15, -0.1) is 0 Å². The van der Waals surface area contributed by atoms with Gasteiger partial charge in [0.05, 0.1) is 0 Å². The van der Waals surface area contributed by atoms with Crippen LogP contribution in [0.25, 0.3) is 0 Å². The van der Waals surface area contributed by atoms with E-state index < -0.39 is 5.97 Å². The third kappa shape index (κ3) is 2.57. The van der Waals surface area contributed by atoms with Crippen LogP contribution in [0.15, 0.2) is 11.3 Å². The summed E-state index contributed by atoms with van der Waals surface area (Å²) in [6.07, 6.45) is 2.57. The van der Waals surface area contributed by atoms with Gasteiger partial charge in [0.2, 0.25) is 0 Å². The molecule has 1 N–H and O–H groups in total. The second kappa shape index (κ2) is 3.43. The maximum absolute atomic E-state index is 10.1. The maximum Gasteiger partial charge on any atom is 0.326 e. The highest BCUT2D eigenvalue weighted by Gasteiger charge is 1.94. The fourth-order valence-electron chi connectivity index (χ4n) is 0.393. The minimum atomic E-state index is -0.765. The monoisotopic (exact) mass is 130 g/mol. The highest BCUT2D eigenvalue weighted by Crippen LogP contribution is 1.88. The van der Waals surface area contributed by atoms with Crippen molar-refractivity contribution < 1.29 is 9.90 Å². The van der Waals surface area contributed by atoms with Gasteiger partial charge in [0.25, 0.3) is 0 Å². The lowest BCUT2D eigenvalue weighted by atomic mass is 10.4. The summed E-state index contributed by atoms with van der Waals surface area (Å²) in [5.41, 5.74) is 0. The molecule has 0 unspecified atom stereocenters. The van der Waals surface area contributed by atoms with Gasteiger partial charge in [-0.2, -0.15) is 0 Å². The molecule has 0 heterocycles. The molecule has 8 heavy (non-hydrogen) atoms. The molecule has 0 atom stereocenters. The Hall–Kier alpha value is -0.573. The summed E-state index contributed by atoms with van der Waals surface area (Å²) in [6, 6.07) is 0. The van der Waals surface area contributed by atoms with E-state index in [-0.39, 0.29) is 0 Å². The summed E-state index contributed by atoms with van der Waals surface area (Å²) in [4.78, 5) is 10.1. The van der Waals surface area contributed by atoms with E-state index >= 15 is 0 Å². The van der Waals surface area contributed by atoms with Crippen LogP contribution in [0.5, 0.6) is 0 Å². The molecule has 0 saturated heterocycles. The van der Waals surface area contributed by atoms with Crippen LogP contribution in [0.1, 0.15) is 13.3 Å². The van der Waals surface area contributed by atoms with Crippen LogP contribution in [0.4, 0.5) is 0 Å². The fraction of sp³-hybridized carbons (Fsp3) is 0.400. The normalized spacial score (nSPS) is 11.9. The van der Waals surface area contributed by atoms with Crippen molar-refractivity contribution in [2.24, 2.45) is 0 Å². The number of carboxylic acid groups (broad SMARTS) is 1. The molecule has 2 nitrogen and oxygen atoms in total. The topological polar surface area (TPSA) is 37.3 Å². The van der Waals surface area contributed by atoms with Gasteiger partial charge in [0, 0.05) is 15.4 Å². The Balaban J connectivity index is 3.80. The number of allylic oxidation sites excluding steroid dienone is 1. The highest BCUT2D eigenvalue weighted by molar-refractivity contribution is 6.34. The Morgan fingerprint density at radius 2 is 2.38 bits per heavy atom. The Morgan fingerprint density at radius 3 is 2.50 bits per heavy atom. The van der Waals surface area contributed by atoms with E-state index in [0.29, 0.717) is 15.4 Å². The average molecular weight is 130 g/mol. The van der Waals surface area contributed by atoms with Crippen LogP contribution in [0, 0.1) is 0 Å². The van der Waals surface area contributed by atoms with Crippen molar-refractivity contribution >= 4 is 16.2 Å². The van der Waals surface area contributed by atoms with Crippen molar-refractivity contribution in [2.75, 3.05) is 0 Å². The van der Waals surface area contributed by atoms with E-state index in [1.165, 1.54) is 0 Å². The number of carbonyl (C=O) groups is 1. The lowest BCUT2D eigenvalue weighted by Crippen LogP contribution is -1.98. The summed E-state index contributed by atoms with van der Waals surface area (Å²) in [5.74, 6) is -0.765.